The van der Waals surface area contributed by atoms with Crippen molar-refractivity contribution in [2.45, 2.75) is 25.2 Å². The molecule has 2 unspecified atom stereocenters. The number of aliphatic hydroxyl groups is 1. The molecule has 2 rings (SSSR count). The lowest BCUT2D eigenvalue weighted by atomic mass is 10.1. The second-order valence-electron chi connectivity index (χ2n) is 4.51. The van der Waals surface area contributed by atoms with Crippen LogP contribution < -0.4 is 4.90 Å². The summed E-state index contributed by atoms with van der Waals surface area (Å²) < 4.78 is 44.2. The van der Waals surface area contributed by atoms with Crippen molar-refractivity contribution in [2.75, 3.05) is 24.7 Å². The number of nitrogens with zero attached hydrogens (tertiary/aromatic N) is 2. The molecule has 0 aromatic carbocycles. The molecule has 0 amide bonds. The summed E-state index contributed by atoms with van der Waals surface area (Å²) in [5.74, 6) is -0.107. The van der Waals surface area contributed by atoms with Gasteiger partial charge in [0.25, 0.3) is 0 Å². The maximum absolute atomic E-state index is 13.0. The summed E-state index contributed by atoms with van der Waals surface area (Å²) in [5, 5.41) is 9.08. The van der Waals surface area contributed by atoms with Crippen LogP contribution in [0.5, 0.6) is 0 Å². The molecule has 4 nitrogen and oxygen atoms in total. The molecule has 0 saturated carbocycles. The molecular weight excluding hydrogens is 261 g/mol. The summed E-state index contributed by atoms with van der Waals surface area (Å²) in [7, 11) is 0. The number of aromatic nitrogens is 1. The maximum atomic E-state index is 13.0. The molecule has 2 heterocycles. The Morgan fingerprint density at radius 3 is 2.89 bits per heavy atom. The van der Waals surface area contributed by atoms with Crippen LogP contribution >= 0.6 is 0 Å². The fourth-order valence-corrected chi connectivity index (χ4v) is 2.07. The fourth-order valence-electron chi connectivity index (χ4n) is 2.07. The van der Waals surface area contributed by atoms with Gasteiger partial charge >= 0.3 is 6.18 Å². The number of rotatable bonds is 2. The first kappa shape index (κ1) is 14.1. The molecule has 0 spiro atoms. The Bertz CT molecular complexity index is 439. The SMILES string of the molecule is CC1COC(CO)CN1c1ncccc1C(F)(F)F. The highest BCUT2D eigenvalue weighted by Gasteiger charge is 2.38. The van der Waals surface area contributed by atoms with Gasteiger partial charge in [-0.05, 0) is 19.1 Å². The molecule has 106 valence electrons. The Morgan fingerprint density at radius 2 is 2.26 bits per heavy atom. The average Bonchev–Trinajstić information content (AvgIpc) is 2.38. The van der Waals surface area contributed by atoms with Crippen molar-refractivity contribution in [3.05, 3.63) is 23.9 Å². The summed E-state index contributed by atoms with van der Waals surface area (Å²) in [6, 6.07) is 2.05. The predicted octanol–water partition coefficient (Wildman–Crippen LogP) is 1.69. The van der Waals surface area contributed by atoms with Crippen molar-refractivity contribution in [2.24, 2.45) is 0 Å². The van der Waals surface area contributed by atoms with Crippen LogP contribution in [0, 0.1) is 0 Å². The van der Waals surface area contributed by atoms with Crippen molar-refractivity contribution in [1.29, 1.82) is 0 Å². The number of pyridine rings is 1. The molecule has 0 radical (unpaired) electrons. The van der Waals surface area contributed by atoms with E-state index in [0.717, 1.165) is 6.07 Å². The first-order valence-electron chi connectivity index (χ1n) is 5.94. The second-order valence-corrected chi connectivity index (χ2v) is 4.51. The molecule has 1 aliphatic rings. The number of morpholine rings is 1. The molecule has 7 heteroatoms. The minimum atomic E-state index is -4.45. The fraction of sp³-hybridized carbons (Fsp3) is 0.583. The van der Waals surface area contributed by atoms with Gasteiger partial charge in [0.2, 0.25) is 0 Å². The number of hydrogen-bond donors (Lipinski definition) is 1. The van der Waals surface area contributed by atoms with Crippen molar-refractivity contribution in [3.8, 4) is 0 Å². The van der Waals surface area contributed by atoms with Crippen LogP contribution in [0.15, 0.2) is 18.3 Å². The summed E-state index contributed by atoms with van der Waals surface area (Å²) in [6.07, 6.45) is -3.60. The molecule has 1 saturated heterocycles. The summed E-state index contributed by atoms with van der Waals surface area (Å²) in [4.78, 5) is 5.39. The largest absolute Gasteiger partial charge is 0.419 e. The van der Waals surface area contributed by atoms with E-state index in [-0.39, 0.29) is 31.6 Å². The van der Waals surface area contributed by atoms with Crippen molar-refractivity contribution < 1.29 is 23.0 Å². The normalized spacial score (nSPS) is 24.6. The zero-order valence-corrected chi connectivity index (χ0v) is 10.4. The third kappa shape index (κ3) is 2.98. The van der Waals surface area contributed by atoms with Gasteiger partial charge in [0, 0.05) is 12.7 Å². The van der Waals surface area contributed by atoms with Crippen LogP contribution in [0.2, 0.25) is 0 Å². The van der Waals surface area contributed by atoms with E-state index in [1.54, 1.807) is 6.92 Å². The number of halogens is 3. The quantitative estimate of drug-likeness (QED) is 0.893. The van der Waals surface area contributed by atoms with Gasteiger partial charge in [-0.3, -0.25) is 0 Å². The Morgan fingerprint density at radius 1 is 1.53 bits per heavy atom. The smallest absolute Gasteiger partial charge is 0.394 e. The van der Waals surface area contributed by atoms with Gasteiger partial charge in [0.1, 0.15) is 5.82 Å². The average molecular weight is 276 g/mol. The van der Waals surface area contributed by atoms with Crippen LogP contribution in [0.3, 0.4) is 0 Å². The Labute approximate surface area is 108 Å². The zero-order valence-electron chi connectivity index (χ0n) is 10.4. The Balaban J connectivity index is 2.35. The van der Waals surface area contributed by atoms with E-state index in [9.17, 15) is 13.2 Å². The lowest BCUT2D eigenvalue weighted by molar-refractivity contribution is -0.137. The minimum absolute atomic E-state index is 0.107. The second kappa shape index (κ2) is 5.34. The summed E-state index contributed by atoms with van der Waals surface area (Å²) in [6.45, 7) is 2.00. The van der Waals surface area contributed by atoms with E-state index < -0.39 is 17.8 Å². The molecule has 0 bridgehead atoms. The molecule has 0 aliphatic carbocycles. The Hall–Kier alpha value is -1.34. The molecule has 1 N–H and O–H groups in total. The highest BCUT2D eigenvalue weighted by atomic mass is 19.4. The third-order valence-corrected chi connectivity index (χ3v) is 3.07. The lowest BCUT2D eigenvalue weighted by Crippen LogP contribution is -2.50. The first-order valence-corrected chi connectivity index (χ1v) is 5.94. The summed E-state index contributed by atoms with van der Waals surface area (Å²) >= 11 is 0. The van der Waals surface area contributed by atoms with E-state index in [0.29, 0.717) is 0 Å². The maximum Gasteiger partial charge on any atom is 0.419 e. The topological polar surface area (TPSA) is 45.6 Å². The van der Waals surface area contributed by atoms with Crippen LogP contribution in [-0.2, 0) is 10.9 Å². The Kier molecular flexibility index (Phi) is 3.96. The van der Waals surface area contributed by atoms with E-state index in [1.165, 1.54) is 17.2 Å². The minimum Gasteiger partial charge on any atom is -0.394 e. The number of alkyl halides is 3. The molecular formula is C12H15F3N2O2. The van der Waals surface area contributed by atoms with Crippen molar-refractivity contribution >= 4 is 5.82 Å². The van der Waals surface area contributed by atoms with E-state index >= 15 is 0 Å². The standard InChI is InChI=1S/C12H15F3N2O2/c1-8-7-19-9(6-18)5-17(8)11-10(12(13,14)15)3-2-4-16-11/h2-4,8-9,18H,5-7H2,1H3. The van der Waals surface area contributed by atoms with Crippen molar-refractivity contribution in [3.63, 3.8) is 0 Å². The molecule has 1 aromatic rings. The van der Waals surface area contributed by atoms with Crippen LogP contribution in [0.25, 0.3) is 0 Å². The van der Waals surface area contributed by atoms with E-state index in [2.05, 4.69) is 4.98 Å². The van der Waals surface area contributed by atoms with Gasteiger partial charge in [-0.25, -0.2) is 4.98 Å². The van der Waals surface area contributed by atoms with Gasteiger partial charge in [0.05, 0.1) is 30.9 Å². The van der Waals surface area contributed by atoms with Gasteiger partial charge in [-0.1, -0.05) is 0 Å². The highest BCUT2D eigenvalue weighted by molar-refractivity contribution is 5.49. The molecule has 1 aliphatic heterocycles. The van der Waals surface area contributed by atoms with Crippen LogP contribution in [-0.4, -0.2) is 42.0 Å². The number of aliphatic hydroxyl groups excluding tert-OH is 1. The highest BCUT2D eigenvalue weighted by Crippen LogP contribution is 2.36. The van der Waals surface area contributed by atoms with Crippen molar-refractivity contribution in [1.82, 2.24) is 4.98 Å². The molecule has 2 atom stereocenters. The van der Waals surface area contributed by atoms with Gasteiger partial charge in [-0.15, -0.1) is 0 Å². The summed E-state index contributed by atoms with van der Waals surface area (Å²) in [5.41, 5.74) is -0.763. The molecule has 1 aromatic heterocycles. The predicted molar refractivity (Wildman–Crippen MR) is 62.9 cm³/mol. The van der Waals surface area contributed by atoms with Gasteiger partial charge in [0.15, 0.2) is 0 Å². The number of ether oxygens (including phenoxy) is 1. The first-order chi connectivity index (χ1) is 8.93. The van der Waals surface area contributed by atoms with Crippen LogP contribution in [0.1, 0.15) is 12.5 Å². The lowest BCUT2D eigenvalue weighted by Gasteiger charge is -2.39. The van der Waals surface area contributed by atoms with Crippen LogP contribution in [0.4, 0.5) is 19.0 Å². The zero-order chi connectivity index (χ0) is 14.0. The molecule has 1 fully saturated rings. The molecule has 19 heavy (non-hydrogen) atoms. The van der Waals surface area contributed by atoms with E-state index in [1.807, 2.05) is 0 Å². The third-order valence-electron chi connectivity index (χ3n) is 3.07. The number of anilines is 1. The van der Waals surface area contributed by atoms with Gasteiger partial charge < -0.3 is 14.7 Å². The van der Waals surface area contributed by atoms with E-state index in [4.69, 9.17) is 9.84 Å². The number of hydrogen-bond acceptors (Lipinski definition) is 4. The monoisotopic (exact) mass is 276 g/mol. The van der Waals surface area contributed by atoms with Gasteiger partial charge in [-0.2, -0.15) is 13.2 Å².